The van der Waals surface area contributed by atoms with Crippen LogP contribution < -0.4 is 5.32 Å². The second kappa shape index (κ2) is 13.4. The number of piperidine rings is 1. The number of aryl methyl sites for hydroxylation is 1. The van der Waals surface area contributed by atoms with E-state index in [0.717, 1.165) is 63.8 Å². The first kappa shape index (κ1) is 28.9. The first-order valence-electron chi connectivity index (χ1n) is 14.8. The molecule has 4 heterocycles. The number of carbonyl (C=O) groups is 1. The van der Waals surface area contributed by atoms with E-state index < -0.39 is 0 Å². The number of rotatable bonds is 8. The van der Waals surface area contributed by atoms with Crippen LogP contribution in [0.25, 0.3) is 0 Å². The van der Waals surface area contributed by atoms with Gasteiger partial charge in [-0.3, -0.25) is 9.69 Å². The van der Waals surface area contributed by atoms with Gasteiger partial charge in [0, 0.05) is 51.0 Å². The molecule has 1 aromatic heterocycles. The summed E-state index contributed by atoms with van der Waals surface area (Å²) in [4.78, 5) is 26.8. The highest BCUT2D eigenvalue weighted by Gasteiger charge is 2.35. The quantitative estimate of drug-likeness (QED) is 0.523. The first-order chi connectivity index (χ1) is 19.4. The maximum absolute atomic E-state index is 13.5. The lowest BCUT2D eigenvalue weighted by Gasteiger charge is -2.44. The van der Waals surface area contributed by atoms with Crippen LogP contribution in [0.15, 0.2) is 30.6 Å². The molecule has 0 bridgehead atoms. The summed E-state index contributed by atoms with van der Waals surface area (Å²) in [5, 5.41) is 3.45. The molecule has 1 N–H and O–H groups in total. The second-order valence-electron chi connectivity index (χ2n) is 11.6. The Balaban J connectivity index is 1.15. The molecule has 3 aliphatic rings. The van der Waals surface area contributed by atoms with E-state index >= 15 is 0 Å². The molecule has 0 saturated carbocycles. The predicted molar refractivity (Wildman–Crippen MR) is 155 cm³/mol. The summed E-state index contributed by atoms with van der Waals surface area (Å²) in [5.41, 5.74) is 3.77. The molecule has 1 aromatic carbocycles. The Morgan fingerprint density at radius 3 is 2.62 bits per heavy atom. The minimum atomic E-state index is -0.0155. The Kier molecular flexibility index (Phi) is 9.68. The van der Waals surface area contributed by atoms with Gasteiger partial charge in [0.1, 0.15) is 17.8 Å². The maximum atomic E-state index is 13.5. The van der Waals surface area contributed by atoms with Gasteiger partial charge in [-0.15, -0.1) is 0 Å². The number of aromatic nitrogens is 2. The van der Waals surface area contributed by atoms with Crippen LogP contribution in [0.5, 0.6) is 0 Å². The van der Waals surface area contributed by atoms with Crippen molar-refractivity contribution in [3.8, 4) is 0 Å². The van der Waals surface area contributed by atoms with Crippen LogP contribution in [-0.2, 0) is 14.2 Å². The second-order valence-corrected chi connectivity index (χ2v) is 11.6. The van der Waals surface area contributed by atoms with Crippen LogP contribution in [0.2, 0.25) is 0 Å². The van der Waals surface area contributed by atoms with E-state index in [1.165, 1.54) is 17.5 Å². The number of nitrogens with zero attached hydrogens (tertiary/aromatic N) is 4. The number of methoxy groups -OCH3 is 1. The number of carbonyl (C=O) groups excluding carboxylic acids is 1. The molecule has 3 saturated heterocycles. The molecule has 0 aliphatic carbocycles. The SMILES string of the molecule is CO[C@H]1COCCC1N(C)C1CCN(C(=O)c2ncnc(NC[C@H]3CCC[C@@H](c4ccc(C)cc4)O3)c2C)CC1. The number of benzene rings is 1. The van der Waals surface area contributed by atoms with Crippen LogP contribution in [0, 0.1) is 13.8 Å². The van der Waals surface area contributed by atoms with Gasteiger partial charge in [0.25, 0.3) is 5.91 Å². The van der Waals surface area contributed by atoms with Gasteiger partial charge >= 0.3 is 0 Å². The summed E-state index contributed by atoms with van der Waals surface area (Å²) >= 11 is 0. The molecule has 218 valence electrons. The Morgan fingerprint density at radius 2 is 1.88 bits per heavy atom. The van der Waals surface area contributed by atoms with Crippen molar-refractivity contribution in [2.75, 3.05) is 52.3 Å². The van der Waals surface area contributed by atoms with Crippen molar-refractivity contribution in [1.82, 2.24) is 19.8 Å². The fourth-order valence-corrected chi connectivity index (χ4v) is 6.42. The molecule has 1 amide bonds. The standard InChI is InChI=1S/C31H45N5O4/c1-21-8-10-23(11-9-21)27-7-5-6-25(40-27)18-32-30-22(2)29(33-20-34-30)31(37)36-15-12-24(13-16-36)35(3)26-14-17-39-19-28(26)38-4/h8-11,20,24-28H,5-7,12-19H2,1-4H3,(H,32,33,34)/t25-,26?,27+,28+/m1/s1. The zero-order chi connectivity index (χ0) is 28.1. The zero-order valence-corrected chi connectivity index (χ0v) is 24.5. The summed E-state index contributed by atoms with van der Waals surface area (Å²) in [6.07, 6.45) is 7.84. The number of ether oxygens (including phenoxy) is 3. The largest absolute Gasteiger partial charge is 0.379 e. The fourth-order valence-electron chi connectivity index (χ4n) is 6.42. The molecule has 40 heavy (non-hydrogen) atoms. The Hall–Kier alpha value is -2.59. The van der Waals surface area contributed by atoms with Crippen LogP contribution >= 0.6 is 0 Å². The van der Waals surface area contributed by atoms with Gasteiger partial charge in [0.2, 0.25) is 0 Å². The van der Waals surface area contributed by atoms with E-state index in [1.54, 1.807) is 7.11 Å². The smallest absolute Gasteiger partial charge is 0.272 e. The maximum Gasteiger partial charge on any atom is 0.272 e. The normalized spacial score (nSPS) is 26.2. The monoisotopic (exact) mass is 551 g/mol. The van der Waals surface area contributed by atoms with Crippen molar-refractivity contribution in [2.24, 2.45) is 0 Å². The Bertz CT molecular complexity index is 1120. The molecule has 5 rings (SSSR count). The van der Waals surface area contributed by atoms with Gasteiger partial charge in [-0.25, -0.2) is 9.97 Å². The highest BCUT2D eigenvalue weighted by Crippen LogP contribution is 2.32. The minimum Gasteiger partial charge on any atom is -0.379 e. The van der Waals surface area contributed by atoms with E-state index in [2.05, 4.69) is 58.4 Å². The van der Waals surface area contributed by atoms with Gasteiger partial charge in [-0.05, 0) is 65.0 Å². The van der Waals surface area contributed by atoms with E-state index in [1.807, 2.05) is 11.8 Å². The number of likely N-dealkylation sites (N-methyl/N-ethyl adjacent to an activating group) is 1. The predicted octanol–water partition coefficient (Wildman–Crippen LogP) is 4.16. The lowest BCUT2D eigenvalue weighted by atomic mass is 9.97. The van der Waals surface area contributed by atoms with Crippen molar-refractivity contribution in [2.45, 2.75) is 82.8 Å². The number of hydrogen-bond donors (Lipinski definition) is 1. The Morgan fingerprint density at radius 1 is 1.10 bits per heavy atom. The van der Waals surface area contributed by atoms with E-state index in [0.29, 0.717) is 36.7 Å². The van der Waals surface area contributed by atoms with Gasteiger partial charge < -0.3 is 24.4 Å². The van der Waals surface area contributed by atoms with Crippen LogP contribution in [0.1, 0.15) is 71.8 Å². The number of likely N-dealkylation sites (tertiary alicyclic amines) is 1. The lowest BCUT2D eigenvalue weighted by molar-refractivity contribution is -0.0891. The lowest BCUT2D eigenvalue weighted by Crippen LogP contribution is -2.54. The third-order valence-electron chi connectivity index (χ3n) is 9.00. The highest BCUT2D eigenvalue weighted by molar-refractivity contribution is 5.94. The zero-order valence-electron chi connectivity index (χ0n) is 24.5. The molecular weight excluding hydrogens is 506 g/mol. The van der Waals surface area contributed by atoms with Crippen molar-refractivity contribution in [3.05, 3.63) is 53.0 Å². The summed E-state index contributed by atoms with van der Waals surface area (Å²) in [7, 11) is 3.95. The molecule has 3 aliphatic heterocycles. The fraction of sp³-hybridized carbons (Fsp3) is 0.645. The van der Waals surface area contributed by atoms with Crippen molar-refractivity contribution < 1.29 is 19.0 Å². The van der Waals surface area contributed by atoms with E-state index in [9.17, 15) is 4.79 Å². The summed E-state index contributed by atoms with van der Waals surface area (Å²) in [5.74, 6) is 0.692. The first-order valence-corrected chi connectivity index (χ1v) is 14.8. The molecule has 9 nitrogen and oxygen atoms in total. The van der Waals surface area contributed by atoms with Crippen LogP contribution in [-0.4, -0.2) is 97.0 Å². The third-order valence-corrected chi connectivity index (χ3v) is 9.00. The van der Waals surface area contributed by atoms with E-state index in [4.69, 9.17) is 14.2 Å². The van der Waals surface area contributed by atoms with Crippen molar-refractivity contribution in [3.63, 3.8) is 0 Å². The Labute approximate surface area is 238 Å². The van der Waals surface area contributed by atoms with Gasteiger partial charge in [-0.2, -0.15) is 0 Å². The molecule has 0 radical (unpaired) electrons. The molecule has 2 aromatic rings. The number of hydrogen-bond acceptors (Lipinski definition) is 8. The van der Waals surface area contributed by atoms with Gasteiger partial charge in [0.05, 0.1) is 24.9 Å². The van der Waals surface area contributed by atoms with Crippen LogP contribution in [0.3, 0.4) is 0 Å². The average molecular weight is 552 g/mol. The summed E-state index contributed by atoms with van der Waals surface area (Å²) in [6, 6.07) is 9.41. The average Bonchev–Trinajstić information content (AvgIpc) is 3.00. The molecule has 9 heteroatoms. The molecule has 4 atom stereocenters. The van der Waals surface area contributed by atoms with Gasteiger partial charge in [-0.1, -0.05) is 29.8 Å². The van der Waals surface area contributed by atoms with Crippen molar-refractivity contribution in [1.29, 1.82) is 0 Å². The molecule has 1 unspecified atom stereocenters. The highest BCUT2D eigenvalue weighted by atomic mass is 16.5. The van der Waals surface area contributed by atoms with E-state index in [-0.39, 0.29) is 24.2 Å². The number of anilines is 1. The van der Waals surface area contributed by atoms with Crippen molar-refractivity contribution >= 4 is 11.7 Å². The molecule has 0 spiro atoms. The number of amides is 1. The van der Waals surface area contributed by atoms with Gasteiger partial charge in [0.15, 0.2) is 0 Å². The summed E-state index contributed by atoms with van der Waals surface area (Å²) < 4.78 is 17.7. The molecular formula is C31H45N5O4. The topological polar surface area (TPSA) is 89.1 Å². The van der Waals surface area contributed by atoms with Crippen LogP contribution in [0.4, 0.5) is 5.82 Å². The minimum absolute atomic E-state index is 0.0155. The molecule has 3 fully saturated rings. The third kappa shape index (κ3) is 6.65. The summed E-state index contributed by atoms with van der Waals surface area (Å²) in [6.45, 7) is 7.55. The number of nitrogens with one attached hydrogen (secondary N) is 1.